The lowest BCUT2D eigenvalue weighted by atomic mass is 10.0. The summed E-state index contributed by atoms with van der Waals surface area (Å²) in [7, 11) is -3.10. The van der Waals surface area contributed by atoms with Crippen molar-refractivity contribution >= 4 is 22.3 Å². The first-order valence-electron chi connectivity index (χ1n) is 4.77. The van der Waals surface area contributed by atoms with Crippen LogP contribution < -0.4 is 9.44 Å². The Morgan fingerprint density at radius 1 is 1.35 bits per heavy atom. The van der Waals surface area contributed by atoms with Crippen LogP contribution >= 0.6 is 0 Å². The number of rotatable bonds is 6. The Morgan fingerprint density at radius 3 is 2.24 bits per heavy atom. The van der Waals surface area contributed by atoms with Crippen LogP contribution in [-0.2, 0) is 19.7 Å². The standard InChI is InChI=1S/C8H16N2O6S/c1-5(2)6(4-7(11)12)9-17(14,15)10-8(13)16-3/h5-6,9H,4H2,1-3H3,(H,10,13)(H,11,12). The number of carbonyl (C=O) groups excluding carboxylic acids is 1. The largest absolute Gasteiger partial charge is 0.481 e. The maximum Gasteiger partial charge on any atom is 0.421 e. The Balaban J connectivity index is 4.64. The highest BCUT2D eigenvalue weighted by molar-refractivity contribution is 7.88. The zero-order chi connectivity index (χ0) is 13.6. The van der Waals surface area contributed by atoms with Gasteiger partial charge in [0.25, 0.3) is 0 Å². The summed E-state index contributed by atoms with van der Waals surface area (Å²) < 4.78 is 30.5. The molecule has 0 bridgehead atoms. The molecule has 1 amide bonds. The van der Waals surface area contributed by atoms with Gasteiger partial charge in [0.05, 0.1) is 13.5 Å². The summed E-state index contributed by atoms with van der Waals surface area (Å²) in [5.41, 5.74) is 0. The molecule has 0 aliphatic heterocycles. The molecule has 0 rings (SSSR count). The van der Waals surface area contributed by atoms with Crippen LogP contribution in [0, 0.1) is 5.92 Å². The maximum atomic E-state index is 11.4. The summed E-state index contributed by atoms with van der Waals surface area (Å²) in [6, 6.07) is -0.811. The van der Waals surface area contributed by atoms with E-state index in [1.165, 1.54) is 0 Å². The topological polar surface area (TPSA) is 122 Å². The third-order valence-corrected chi connectivity index (χ3v) is 2.96. The van der Waals surface area contributed by atoms with Gasteiger partial charge in [0.15, 0.2) is 0 Å². The summed E-state index contributed by atoms with van der Waals surface area (Å²) in [6.45, 7) is 3.32. The van der Waals surface area contributed by atoms with Gasteiger partial charge in [-0.05, 0) is 5.92 Å². The summed E-state index contributed by atoms with van der Waals surface area (Å²) in [5.74, 6) is -1.37. The van der Waals surface area contributed by atoms with Crippen LogP contribution in [0.1, 0.15) is 20.3 Å². The molecule has 0 aromatic carbocycles. The summed E-state index contributed by atoms with van der Waals surface area (Å²) in [5, 5.41) is 8.61. The fourth-order valence-electron chi connectivity index (χ4n) is 0.982. The quantitative estimate of drug-likeness (QED) is 0.606. The van der Waals surface area contributed by atoms with Gasteiger partial charge < -0.3 is 9.84 Å². The van der Waals surface area contributed by atoms with E-state index in [1.54, 1.807) is 18.6 Å². The fraction of sp³-hybridized carbons (Fsp3) is 0.750. The first-order chi connectivity index (χ1) is 7.68. The summed E-state index contributed by atoms with van der Waals surface area (Å²) in [6.07, 6.45) is -1.52. The molecule has 3 N–H and O–H groups in total. The molecule has 0 heterocycles. The molecule has 100 valence electrons. The first kappa shape index (κ1) is 15.7. The predicted molar refractivity (Wildman–Crippen MR) is 58.5 cm³/mol. The Kier molecular flexibility index (Phi) is 5.89. The summed E-state index contributed by atoms with van der Waals surface area (Å²) >= 11 is 0. The number of aliphatic carboxylic acids is 1. The Morgan fingerprint density at radius 2 is 1.88 bits per heavy atom. The predicted octanol–water partition coefficient (Wildman–Crippen LogP) is -0.324. The van der Waals surface area contributed by atoms with Gasteiger partial charge >= 0.3 is 22.3 Å². The van der Waals surface area contributed by atoms with Gasteiger partial charge in [-0.25, -0.2) is 9.52 Å². The molecular formula is C8H16N2O6S. The van der Waals surface area contributed by atoms with Crippen LogP contribution in [0.5, 0.6) is 0 Å². The third-order valence-electron chi connectivity index (χ3n) is 1.91. The SMILES string of the molecule is COC(=O)NS(=O)(=O)NC(CC(=O)O)C(C)C. The number of methoxy groups -OCH3 is 1. The van der Waals surface area contributed by atoms with E-state index in [0.717, 1.165) is 7.11 Å². The summed E-state index contributed by atoms with van der Waals surface area (Å²) in [4.78, 5) is 21.3. The van der Waals surface area contributed by atoms with Crippen LogP contribution in [0.4, 0.5) is 4.79 Å². The molecule has 0 aliphatic carbocycles. The van der Waals surface area contributed by atoms with E-state index in [9.17, 15) is 18.0 Å². The van der Waals surface area contributed by atoms with Crippen molar-refractivity contribution in [2.24, 2.45) is 5.92 Å². The molecule has 0 saturated heterocycles. The number of carboxylic acids is 1. The van der Waals surface area contributed by atoms with Gasteiger partial charge in [0.2, 0.25) is 0 Å². The van der Waals surface area contributed by atoms with Crippen molar-refractivity contribution in [1.29, 1.82) is 0 Å². The minimum absolute atomic E-state index is 0.236. The molecular weight excluding hydrogens is 252 g/mol. The molecule has 17 heavy (non-hydrogen) atoms. The smallest absolute Gasteiger partial charge is 0.421 e. The highest BCUT2D eigenvalue weighted by Crippen LogP contribution is 2.07. The van der Waals surface area contributed by atoms with E-state index in [0.29, 0.717) is 0 Å². The Labute approximate surface area is 99.5 Å². The van der Waals surface area contributed by atoms with E-state index < -0.39 is 28.3 Å². The maximum absolute atomic E-state index is 11.4. The van der Waals surface area contributed by atoms with Crippen molar-refractivity contribution in [2.45, 2.75) is 26.3 Å². The zero-order valence-electron chi connectivity index (χ0n) is 9.76. The van der Waals surface area contributed by atoms with Gasteiger partial charge in [-0.2, -0.15) is 13.1 Å². The monoisotopic (exact) mass is 268 g/mol. The average Bonchev–Trinajstić information content (AvgIpc) is 2.14. The second-order valence-electron chi connectivity index (χ2n) is 3.66. The molecule has 1 atom stereocenters. The minimum atomic E-state index is -4.12. The third kappa shape index (κ3) is 6.74. The number of carboxylic acid groups (broad SMARTS) is 1. The second kappa shape index (κ2) is 6.40. The number of amides is 1. The van der Waals surface area contributed by atoms with Gasteiger partial charge in [-0.15, -0.1) is 0 Å². The van der Waals surface area contributed by atoms with Crippen molar-refractivity contribution < 1.29 is 27.9 Å². The molecule has 0 saturated carbocycles. The van der Waals surface area contributed by atoms with E-state index in [2.05, 4.69) is 9.46 Å². The van der Waals surface area contributed by atoms with Crippen molar-refractivity contribution in [3.8, 4) is 0 Å². The molecule has 0 radical (unpaired) electrons. The van der Waals surface area contributed by atoms with Gasteiger partial charge in [0.1, 0.15) is 0 Å². The lowest BCUT2D eigenvalue weighted by Gasteiger charge is -2.20. The second-order valence-corrected chi connectivity index (χ2v) is 5.11. The lowest BCUT2D eigenvalue weighted by Crippen LogP contribution is -2.47. The lowest BCUT2D eigenvalue weighted by molar-refractivity contribution is -0.137. The van der Waals surface area contributed by atoms with Crippen molar-refractivity contribution in [1.82, 2.24) is 9.44 Å². The van der Waals surface area contributed by atoms with Crippen molar-refractivity contribution in [2.75, 3.05) is 7.11 Å². The number of carbonyl (C=O) groups is 2. The first-order valence-corrected chi connectivity index (χ1v) is 6.26. The molecule has 1 unspecified atom stereocenters. The van der Waals surface area contributed by atoms with Crippen LogP contribution in [0.2, 0.25) is 0 Å². The number of ether oxygens (including phenoxy) is 1. The fourth-order valence-corrected chi connectivity index (χ4v) is 2.10. The van der Waals surface area contributed by atoms with Gasteiger partial charge in [0, 0.05) is 6.04 Å². The molecule has 0 aliphatic rings. The molecule has 8 nitrogen and oxygen atoms in total. The van der Waals surface area contributed by atoms with Gasteiger partial charge in [-0.3, -0.25) is 4.79 Å². The number of hydrogen-bond acceptors (Lipinski definition) is 5. The van der Waals surface area contributed by atoms with Crippen molar-refractivity contribution in [3.05, 3.63) is 0 Å². The van der Waals surface area contributed by atoms with Gasteiger partial charge in [-0.1, -0.05) is 13.8 Å². The molecule has 0 fully saturated rings. The molecule has 9 heteroatoms. The molecule has 0 spiro atoms. The Hall–Kier alpha value is -1.35. The highest BCUT2D eigenvalue weighted by Gasteiger charge is 2.24. The van der Waals surface area contributed by atoms with E-state index in [4.69, 9.17) is 5.11 Å². The normalized spacial score (nSPS) is 13.2. The minimum Gasteiger partial charge on any atom is -0.481 e. The van der Waals surface area contributed by atoms with Crippen LogP contribution in [0.15, 0.2) is 0 Å². The molecule has 0 aromatic heterocycles. The highest BCUT2D eigenvalue weighted by atomic mass is 32.2. The zero-order valence-corrected chi connectivity index (χ0v) is 10.6. The molecule has 0 aromatic rings. The van der Waals surface area contributed by atoms with E-state index in [-0.39, 0.29) is 12.3 Å². The van der Waals surface area contributed by atoms with Crippen LogP contribution in [-0.4, -0.2) is 38.7 Å². The van der Waals surface area contributed by atoms with Crippen molar-refractivity contribution in [3.63, 3.8) is 0 Å². The number of nitrogens with one attached hydrogen (secondary N) is 2. The Bertz CT molecular complexity index is 377. The van der Waals surface area contributed by atoms with E-state index >= 15 is 0 Å². The number of hydrogen-bond donors (Lipinski definition) is 3. The average molecular weight is 268 g/mol. The van der Waals surface area contributed by atoms with Crippen LogP contribution in [0.3, 0.4) is 0 Å². The van der Waals surface area contributed by atoms with Crippen LogP contribution in [0.25, 0.3) is 0 Å². The van der Waals surface area contributed by atoms with E-state index in [1.807, 2.05) is 0 Å².